The molecular weight excluding hydrogens is 334 g/mol. The zero-order chi connectivity index (χ0) is 17.7. The molecule has 0 aromatic carbocycles. The van der Waals surface area contributed by atoms with Gasteiger partial charge in [0.25, 0.3) is 5.91 Å². The number of carbonyl (C=O) groups excluding carboxylic acids is 1. The van der Waals surface area contributed by atoms with Crippen LogP contribution in [0, 0.1) is 5.92 Å². The van der Waals surface area contributed by atoms with Crippen molar-refractivity contribution in [3.8, 4) is 0 Å². The van der Waals surface area contributed by atoms with Gasteiger partial charge >= 0.3 is 0 Å². The van der Waals surface area contributed by atoms with Crippen LogP contribution < -0.4 is 5.73 Å². The number of hydrogen-bond acceptors (Lipinski definition) is 7. The van der Waals surface area contributed by atoms with Crippen LogP contribution in [0.15, 0.2) is 15.0 Å². The van der Waals surface area contributed by atoms with Gasteiger partial charge < -0.3 is 19.6 Å². The fraction of sp³-hybridized carbons (Fsp3) is 0.667. The molecule has 0 spiro atoms. The van der Waals surface area contributed by atoms with Crippen LogP contribution in [0.5, 0.6) is 0 Å². The third-order valence-electron chi connectivity index (χ3n) is 6.18. The van der Waals surface area contributed by atoms with E-state index < -0.39 is 5.91 Å². The molecule has 1 amide bonds. The Kier molecular flexibility index (Phi) is 3.81. The highest BCUT2D eigenvalue weighted by molar-refractivity contribution is 5.89. The lowest BCUT2D eigenvalue weighted by molar-refractivity contribution is 0.0859. The number of nitrogens with two attached hydrogens (primary N) is 1. The largest absolute Gasteiger partial charge is 0.425 e. The summed E-state index contributed by atoms with van der Waals surface area (Å²) in [5.74, 6) is 2.86. The molecule has 2 aromatic heterocycles. The van der Waals surface area contributed by atoms with Crippen molar-refractivity contribution in [3.63, 3.8) is 0 Å². The second kappa shape index (κ2) is 6.19. The van der Waals surface area contributed by atoms with E-state index in [2.05, 4.69) is 20.3 Å². The number of amides is 1. The maximum absolute atomic E-state index is 11.1. The SMILES string of the molecule is NC(=O)c1cc(C2CC(c3nnc(C4CN(CC5CCC5)C4)o3)C2)no1. The molecule has 2 aliphatic carbocycles. The fourth-order valence-electron chi connectivity index (χ4n) is 4.15. The van der Waals surface area contributed by atoms with Gasteiger partial charge in [-0.05, 0) is 31.6 Å². The monoisotopic (exact) mass is 357 g/mol. The topological polar surface area (TPSA) is 111 Å². The van der Waals surface area contributed by atoms with Gasteiger partial charge in [-0.1, -0.05) is 11.6 Å². The first-order valence-corrected chi connectivity index (χ1v) is 9.47. The zero-order valence-electron chi connectivity index (χ0n) is 14.6. The molecule has 0 bridgehead atoms. The molecule has 1 aliphatic heterocycles. The van der Waals surface area contributed by atoms with Gasteiger partial charge in [-0.25, -0.2) is 0 Å². The van der Waals surface area contributed by atoms with Crippen molar-refractivity contribution in [3.05, 3.63) is 29.3 Å². The van der Waals surface area contributed by atoms with Crippen molar-refractivity contribution in [2.75, 3.05) is 19.6 Å². The third kappa shape index (κ3) is 2.82. The van der Waals surface area contributed by atoms with Crippen molar-refractivity contribution in [1.82, 2.24) is 20.3 Å². The summed E-state index contributed by atoms with van der Waals surface area (Å²) in [6.07, 6.45) is 5.94. The highest BCUT2D eigenvalue weighted by atomic mass is 16.5. The molecule has 138 valence electrons. The molecule has 3 heterocycles. The molecule has 0 atom stereocenters. The van der Waals surface area contributed by atoms with Crippen LogP contribution in [0.3, 0.4) is 0 Å². The van der Waals surface area contributed by atoms with Gasteiger partial charge in [0.15, 0.2) is 0 Å². The first-order chi connectivity index (χ1) is 12.7. The molecule has 8 heteroatoms. The summed E-state index contributed by atoms with van der Waals surface area (Å²) in [6, 6.07) is 1.63. The number of rotatable bonds is 6. The van der Waals surface area contributed by atoms with Gasteiger partial charge in [-0.3, -0.25) is 4.79 Å². The number of likely N-dealkylation sites (tertiary alicyclic amines) is 1. The molecule has 3 fully saturated rings. The van der Waals surface area contributed by atoms with Gasteiger partial charge in [0.2, 0.25) is 17.5 Å². The molecule has 2 N–H and O–H groups in total. The van der Waals surface area contributed by atoms with Gasteiger partial charge in [-0.15, -0.1) is 10.2 Å². The molecule has 2 saturated carbocycles. The van der Waals surface area contributed by atoms with E-state index in [1.54, 1.807) is 6.07 Å². The lowest BCUT2D eigenvalue weighted by Gasteiger charge is -2.41. The standard InChI is InChI=1S/C18H23N5O3/c19-16(24)15-6-14(22-26-15)11-4-12(5-11)17-20-21-18(25-17)13-8-23(9-13)7-10-2-1-3-10/h6,10-13H,1-5,7-9H2,(H2,19,24). The van der Waals surface area contributed by atoms with Gasteiger partial charge in [-0.2, -0.15) is 0 Å². The number of aromatic nitrogens is 3. The predicted molar refractivity (Wildman–Crippen MR) is 90.6 cm³/mol. The van der Waals surface area contributed by atoms with E-state index in [0.717, 1.165) is 49.3 Å². The Hall–Kier alpha value is -2.22. The summed E-state index contributed by atoms with van der Waals surface area (Å²) in [4.78, 5) is 13.6. The Morgan fingerprint density at radius 3 is 2.50 bits per heavy atom. The Morgan fingerprint density at radius 1 is 1.15 bits per heavy atom. The van der Waals surface area contributed by atoms with E-state index >= 15 is 0 Å². The molecule has 5 rings (SSSR count). The number of hydrogen-bond donors (Lipinski definition) is 1. The van der Waals surface area contributed by atoms with Crippen LogP contribution in [-0.4, -0.2) is 45.8 Å². The minimum Gasteiger partial charge on any atom is -0.425 e. The quantitative estimate of drug-likeness (QED) is 0.841. The first kappa shape index (κ1) is 16.0. The Morgan fingerprint density at radius 2 is 1.88 bits per heavy atom. The summed E-state index contributed by atoms with van der Waals surface area (Å²) in [6.45, 7) is 3.31. The normalized spacial score (nSPS) is 26.9. The van der Waals surface area contributed by atoms with Crippen molar-refractivity contribution >= 4 is 5.91 Å². The van der Waals surface area contributed by atoms with Crippen LogP contribution in [0.25, 0.3) is 0 Å². The number of carbonyl (C=O) groups is 1. The Bertz CT molecular complexity index is 799. The summed E-state index contributed by atoms with van der Waals surface area (Å²) in [5.41, 5.74) is 5.97. The minimum atomic E-state index is -0.590. The van der Waals surface area contributed by atoms with E-state index in [1.807, 2.05) is 0 Å². The van der Waals surface area contributed by atoms with Crippen LogP contribution in [0.1, 0.15) is 77.9 Å². The van der Waals surface area contributed by atoms with E-state index in [9.17, 15) is 4.79 Å². The lowest BCUT2D eigenvalue weighted by Crippen LogP contribution is -2.48. The van der Waals surface area contributed by atoms with Crippen molar-refractivity contribution in [1.29, 1.82) is 0 Å². The maximum atomic E-state index is 11.1. The number of nitrogens with zero attached hydrogens (tertiary/aromatic N) is 4. The van der Waals surface area contributed by atoms with E-state index in [4.69, 9.17) is 14.7 Å². The zero-order valence-corrected chi connectivity index (χ0v) is 14.6. The molecule has 3 aliphatic rings. The lowest BCUT2D eigenvalue weighted by atomic mass is 9.73. The van der Waals surface area contributed by atoms with E-state index in [1.165, 1.54) is 25.8 Å². The minimum absolute atomic E-state index is 0.111. The van der Waals surface area contributed by atoms with Gasteiger partial charge in [0, 0.05) is 37.5 Å². The Balaban J connectivity index is 1.13. The molecule has 1 saturated heterocycles. The van der Waals surface area contributed by atoms with E-state index in [0.29, 0.717) is 5.92 Å². The average molecular weight is 357 g/mol. The van der Waals surface area contributed by atoms with E-state index in [-0.39, 0.29) is 17.6 Å². The van der Waals surface area contributed by atoms with Gasteiger partial charge in [0.05, 0.1) is 11.6 Å². The van der Waals surface area contributed by atoms with Crippen molar-refractivity contribution in [2.24, 2.45) is 11.7 Å². The second-order valence-electron chi connectivity index (χ2n) is 8.04. The van der Waals surface area contributed by atoms with Crippen molar-refractivity contribution < 1.29 is 13.7 Å². The second-order valence-corrected chi connectivity index (χ2v) is 8.04. The maximum Gasteiger partial charge on any atom is 0.287 e. The molecule has 0 radical (unpaired) electrons. The predicted octanol–water partition coefficient (Wildman–Crippen LogP) is 2.02. The van der Waals surface area contributed by atoms with Crippen molar-refractivity contribution in [2.45, 2.75) is 49.9 Å². The van der Waals surface area contributed by atoms with Crippen LogP contribution >= 0.6 is 0 Å². The molecule has 0 unspecified atom stereocenters. The van der Waals surface area contributed by atoms with Crippen LogP contribution in [0.4, 0.5) is 0 Å². The highest BCUT2D eigenvalue weighted by Gasteiger charge is 2.39. The summed E-state index contributed by atoms with van der Waals surface area (Å²) < 4.78 is 10.9. The summed E-state index contributed by atoms with van der Waals surface area (Å²) in [5, 5.41) is 12.5. The summed E-state index contributed by atoms with van der Waals surface area (Å²) in [7, 11) is 0. The Labute approximate surface area is 151 Å². The third-order valence-corrected chi connectivity index (χ3v) is 6.18. The smallest absolute Gasteiger partial charge is 0.287 e. The van der Waals surface area contributed by atoms with Gasteiger partial charge in [0.1, 0.15) is 0 Å². The number of primary amides is 1. The molecular formula is C18H23N5O3. The van der Waals surface area contributed by atoms with Crippen LogP contribution in [0.2, 0.25) is 0 Å². The molecule has 2 aromatic rings. The molecule has 8 nitrogen and oxygen atoms in total. The fourth-order valence-corrected chi connectivity index (χ4v) is 4.15. The average Bonchev–Trinajstić information content (AvgIpc) is 3.12. The first-order valence-electron chi connectivity index (χ1n) is 9.47. The van der Waals surface area contributed by atoms with Crippen LogP contribution in [-0.2, 0) is 0 Å². The molecule has 26 heavy (non-hydrogen) atoms. The summed E-state index contributed by atoms with van der Waals surface area (Å²) >= 11 is 0. The highest BCUT2D eigenvalue weighted by Crippen LogP contribution is 2.47.